The summed E-state index contributed by atoms with van der Waals surface area (Å²) in [6.07, 6.45) is 0. The van der Waals surface area contributed by atoms with Crippen LogP contribution in [-0.2, 0) is 5.41 Å². The van der Waals surface area contributed by atoms with Gasteiger partial charge in [0.15, 0.2) is 0 Å². The maximum atomic E-state index is 9.65. The van der Waals surface area contributed by atoms with E-state index >= 15 is 0 Å². The molecular weight excluding hydrogens is 488 g/mol. The molecule has 0 amide bonds. The van der Waals surface area contributed by atoms with Gasteiger partial charge >= 0.3 is 0 Å². The summed E-state index contributed by atoms with van der Waals surface area (Å²) < 4.78 is 4.57. The molecule has 7 rings (SSSR count). The monoisotopic (exact) mass is 514 g/mol. The van der Waals surface area contributed by atoms with Gasteiger partial charge in [-0.2, -0.15) is 10.5 Å². The molecular formula is C36H26N4. The van der Waals surface area contributed by atoms with E-state index in [0.717, 1.165) is 55.0 Å². The highest BCUT2D eigenvalue weighted by Gasteiger charge is 2.19. The number of hydrogen-bond donors (Lipinski definition) is 0. The smallest absolute Gasteiger partial charge is 0.0991 e. The molecule has 0 spiro atoms. The van der Waals surface area contributed by atoms with Crippen molar-refractivity contribution in [2.75, 3.05) is 0 Å². The maximum Gasteiger partial charge on any atom is 0.0991 e. The molecule has 0 atom stereocenters. The lowest BCUT2D eigenvalue weighted by molar-refractivity contribution is 0.591. The van der Waals surface area contributed by atoms with Crippen molar-refractivity contribution in [3.63, 3.8) is 0 Å². The second-order valence-electron chi connectivity index (χ2n) is 11.4. The predicted octanol–water partition coefficient (Wildman–Crippen LogP) is 8.92. The number of aromatic nitrogens is 2. The molecule has 0 bridgehead atoms. The lowest BCUT2D eigenvalue weighted by atomic mass is 9.86. The molecule has 0 aliphatic rings. The van der Waals surface area contributed by atoms with E-state index in [9.17, 15) is 10.5 Å². The van der Waals surface area contributed by atoms with E-state index in [4.69, 9.17) is 0 Å². The average Bonchev–Trinajstić information content (AvgIpc) is 3.48. The van der Waals surface area contributed by atoms with Crippen LogP contribution in [-0.4, -0.2) is 9.13 Å². The quantitative estimate of drug-likeness (QED) is 0.231. The minimum atomic E-state index is 0.0112. The molecule has 7 aromatic rings. The van der Waals surface area contributed by atoms with E-state index in [0.29, 0.717) is 11.1 Å². The zero-order valence-electron chi connectivity index (χ0n) is 22.6. The van der Waals surface area contributed by atoms with Gasteiger partial charge in [0.1, 0.15) is 0 Å². The Bertz CT molecular complexity index is 2220. The molecule has 5 aromatic carbocycles. The van der Waals surface area contributed by atoms with Gasteiger partial charge in [-0.3, -0.25) is 0 Å². The predicted molar refractivity (Wildman–Crippen MR) is 163 cm³/mol. The number of fused-ring (bicyclic) bond motifs is 6. The molecule has 40 heavy (non-hydrogen) atoms. The summed E-state index contributed by atoms with van der Waals surface area (Å²) in [5.41, 5.74) is 9.01. The largest absolute Gasteiger partial charge is 0.309 e. The van der Waals surface area contributed by atoms with E-state index in [1.807, 2.05) is 36.4 Å². The Balaban J connectivity index is 1.52. The Kier molecular flexibility index (Phi) is 5.11. The number of benzene rings is 5. The van der Waals surface area contributed by atoms with Crippen molar-refractivity contribution in [2.45, 2.75) is 26.2 Å². The number of hydrogen-bond acceptors (Lipinski definition) is 2. The van der Waals surface area contributed by atoms with Crippen LogP contribution in [0.1, 0.15) is 37.5 Å². The van der Waals surface area contributed by atoms with Crippen molar-refractivity contribution in [2.24, 2.45) is 0 Å². The fourth-order valence-electron chi connectivity index (χ4n) is 5.93. The molecule has 0 aliphatic carbocycles. The Labute approximate surface area is 232 Å². The minimum absolute atomic E-state index is 0.0112. The third kappa shape index (κ3) is 3.51. The van der Waals surface area contributed by atoms with Crippen LogP contribution in [0.5, 0.6) is 0 Å². The second kappa shape index (κ2) is 8.60. The Morgan fingerprint density at radius 1 is 0.500 bits per heavy atom. The molecule has 190 valence electrons. The summed E-state index contributed by atoms with van der Waals surface area (Å²) in [5, 5.41) is 23.6. The molecule has 0 radical (unpaired) electrons. The van der Waals surface area contributed by atoms with Crippen molar-refractivity contribution in [1.82, 2.24) is 9.13 Å². The number of para-hydroxylation sites is 1. The van der Waals surface area contributed by atoms with E-state index in [1.54, 1.807) is 0 Å². The molecule has 4 heteroatoms. The van der Waals surface area contributed by atoms with Crippen molar-refractivity contribution in [3.8, 4) is 23.5 Å². The molecule has 2 heterocycles. The van der Waals surface area contributed by atoms with Gasteiger partial charge in [-0.1, -0.05) is 51.1 Å². The standard InChI is InChI=1S/C36H26N4/c1-36(2,3)25-13-16-35-31(19-25)30-18-24(22-38)12-15-34(30)40(35)27-8-6-7-26(20-27)39-32-10-5-4-9-28(32)29-17-23(21-37)11-14-33(29)39/h4-20H,1-3H3. The molecule has 0 saturated carbocycles. The van der Waals surface area contributed by atoms with Crippen molar-refractivity contribution in [1.29, 1.82) is 10.5 Å². The Morgan fingerprint density at radius 2 is 1.00 bits per heavy atom. The van der Waals surface area contributed by atoms with E-state index in [1.165, 1.54) is 5.56 Å². The first-order chi connectivity index (χ1) is 19.4. The lowest BCUT2D eigenvalue weighted by Gasteiger charge is -2.19. The van der Waals surface area contributed by atoms with Gasteiger partial charge in [0.25, 0.3) is 0 Å². The summed E-state index contributed by atoms with van der Waals surface area (Å²) in [6, 6.07) is 40.1. The van der Waals surface area contributed by atoms with Crippen LogP contribution in [0.2, 0.25) is 0 Å². The normalized spacial score (nSPS) is 11.8. The van der Waals surface area contributed by atoms with E-state index in [2.05, 4.69) is 109 Å². The molecule has 4 nitrogen and oxygen atoms in total. The third-order valence-corrected chi connectivity index (χ3v) is 7.91. The zero-order valence-corrected chi connectivity index (χ0v) is 22.6. The first-order valence-corrected chi connectivity index (χ1v) is 13.4. The average molecular weight is 515 g/mol. The summed E-state index contributed by atoms with van der Waals surface area (Å²) in [6.45, 7) is 6.68. The van der Waals surface area contributed by atoms with Crippen LogP contribution in [0.25, 0.3) is 55.0 Å². The topological polar surface area (TPSA) is 57.4 Å². The minimum Gasteiger partial charge on any atom is -0.309 e. The van der Waals surface area contributed by atoms with Crippen molar-refractivity contribution >= 4 is 43.6 Å². The van der Waals surface area contributed by atoms with Gasteiger partial charge in [-0.05, 0) is 83.8 Å². The van der Waals surface area contributed by atoms with Crippen LogP contribution in [0, 0.1) is 22.7 Å². The molecule has 0 aliphatic heterocycles. The Morgan fingerprint density at radius 3 is 1.57 bits per heavy atom. The number of nitriles is 2. The van der Waals surface area contributed by atoms with Gasteiger partial charge in [0, 0.05) is 32.9 Å². The van der Waals surface area contributed by atoms with Crippen LogP contribution in [0.15, 0.2) is 103 Å². The summed E-state index contributed by atoms with van der Waals surface area (Å²) in [7, 11) is 0. The van der Waals surface area contributed by atoms with E-state index in [-0.39, 0.29) is 5.41 Å². The molecule has 0 fully saturated rings. The number of rotatable bonds is 2. The van der Waals surface area contributed by atoms with Crippen molar-refractivity contribution < 1.29 is 0 Å². The highest BCUT2D eigenvalue weighted by molar-refractivity contribution is 6.11. The van der Waals surface area contributed by atoms with Crippen LogP contribution >= 0.6 is 0 Å². The summed E-state index contributed by atoms with van der Waals surface area (Å²) in [4.78, 5) is 0. The van der Waals surface area contributed by atoms with Gasteiger partial charge in [0.2, 0.25) is 0 Å². The SMILES string of the molecule is CC(C)(C)c1ccc2c(c1)c1cc(C#N)ccc1n2-c1cccc(-n2c3ccccc3c3cc(C#N)ccc32)c1. The molecule has 0 N–H and O–H groups in total. The third-order valence-electron chi connectivity index (χ3n) is 7.91. The van der Waals surface area contributed by atoms with Gasteiger partial charge in [-0.15, -0.1) is 0 Å². The first kappa shape index (κ1) is 23.8. The van der Waals surface area contributed by atoms with Crippen LogP contribution in [0.3, 0.4) is 0 Å². The number of nitrogens with zero attached hydrogens (tertiary/aromatic N) is 4. The van der Waals surface area contributed by atoms with Gasteiger partial charge in [-0.25, -0.2) is 0 Å². The second-order valence-corrected chi connectivity index (χ2v) is 11.4. The maximum absolute atomic E-state index is 9.65. The summed E-state index contributed by atoms with van der Waals surface area (Å²) >= 11 is 0. The highest BCUT2D eigenvalue weighted by Crippen LogP contribution is 2.37. The van der Waals surface area contributed by atoms with Crippen molar-refractivity contribution in [3.05, 3.63) is 120 Å². The van der Waals surface area contributed by atoms with Gasteiger partial charge < -0.3 is 9.13 Å². The van der Waals surface area contributed by atoms with E-state index < -0.39 is 0 Å². The Hall–Kier alpha value is -5.32. The van der Waals surface area contributed by atoms with Crippen LogP contribution < -0.4 is 0 Å². The summed E-state index contributed by atoms with van der Waals surface area (Å²) in [5.74, 6) is 0. The molecule has 0 unspecified atom stereocenters. The molecule has 2 aromatic heterocycles. The zero-order chi connectivity index (χ0) is 27.6. The molecule has 0 saturated heterocycles. The lowest BCUT2D eigenvalue weighted by Crippen LogP contribution is -2.10. The van der Waals surface area contributed by atoms with Crippen LogP contribution in [0.4, 0.5) is 0 Å². The highest BCUT2D eigenvalue weighted by atomic mass is 15.0. The fraction of sp³-hybridized carbons (Fsp3) is 0.111. The van der Waals surface area contributed by atoms with Gasteiger partial charge in [0.05, 0.1) is 45.3 Å². The fourth-order valence-corrected chi connectivity index (χ4v) is 5.93. The first-order valence-electron chi connectivity index (χ1n) is 13.4.